The zero-order chi connectivity index (χ0) is 15.4. The van der Waals surface area contributed by atoms with Crippen LogP contribution in [0.3, 0.4) is 0 Å². The van der Waals surface area contributed by atoms with Gasteiger partial charge in [0.15, 0.2) is 0 Å². The van der Waals surface area contributed by atoms with Crippen molar-refractivity contribution in [2.24, 2.45) is 0 Å². The van der Waals surface area contributed by atoms with E-state index >= 15 is 0 Å². The number of nitriles is 1. The molecule has 0 aliphatic rings. The molecule has 5 heteroatoms. The lowest BCUT2D eigenvalue weighted by Gasteiger charge is -2.06. The molecule has 0 amide bonds. The van der Waals surface area contributed by atoms with Gasteiger partial charge in [0.2, 0.25) is 0 Å². The molecule has 0 atom stereocenters. The van der Waals surface area contributed by atoms with Crippen LogP contribution in [-0.4, -0.2) is 16.5 Å². The van der Waals surface area contributed by atoms with E-state index in [2.05, 4.69) is 21.4 Å². The molecule has 3 aromatic rings. The molecule has 0 saturated heterocycles. The molecule has 22 heavy (non-hydrogen) atoms. The maximum absolute atomic E-state index is 8.84. The molecule has 0 aliphatic heterocycles. The van der Waals surface area contributed by atoms with Crippen LogP contribution in [0.2, 0.25) is 5.02 Å². The number of hydrogen-bond donors (Lipinski definition) is 2. The van der Waals surface area contributed by atoms with Gasteiger partial charge in [0.1, 0.15) is 11.9 Å². The van der Waals surface area contributed by atoms with Gasteiger partial charge in [-0.1, -0.05) is 23.7 Å². The summed E-state index contributed by atoms with van der Waals surface area (Å²) in [6.07, 6.45) is 1.84. The maximum atomic E-state index is 8.84. The first-order valence-electron chi connectivity index (χ1n) is 7.13. The van der Waals surface area contributed by atoms with Crippen LogP contribution in [0.1, 0.15) is 17.8 Å². The summed E-state index contributed by atoms with van der Waals surface area (Å²) in [6.45, 7) is 0.819. The van der Waals surface area contributed by atoms with Crippen LogP contribution in [0, 0.1) is 11.3 Å². The maximum Gasteiger partial charge on any atom is 0.107 e. The summed E-state index contributed by atoms with van der Waals surface area (Å²) >= 11 is 6.01. The molecule has 0 saturated carbocycles. The standard InChI is InChI=1S/C17H15ClN4/c18-14-10-13(8-7-12(14)11-19)20-9-3-6-17-21-15-4-1-2-5-16(15)22-17/h1-2,4-5,7-8,10,20H,3,6,9H2,(H,21,22). The van der Waals surface area contributed by atoms with Gasteiger partial charge < -0.3 is 10.3 Å². The van der Waals surface area contributed by atoms with Gasteiger partial charge in [-0.15, -0.1) is 0 Å². The summed E-state index contributed by atoms with van der Waals surface area (Å²) < 4.78 is 0. The first kappa shape index (κ1) is 14.4. The predicted molar refractivity (Wildman–Crippen MR) is 89.1 cm³/mol. The highest BCUT2D eigenvalue weighted by atomic mass is 35.5. The van der Waals surface area contributed by atoms with Crippen LogP contribution < -0.4 is 5.32 Å². The number of fused-ring (bicyclic) bond motifs is 1. The molecule has 0 spiro atoms. The lowest BCUT2D eigenvalue weighted by Crippen LogP contribution is -2.03. The molecule has 110 valence electrons. The first-order chi connectivity index (χ1) is 10.8. The van der Waals surface area contributed by atoms with Gasteiger partial charge in [-0.3, -0.25) is 0 Å². The topological polar surface area (TPSA) is 64.5 Å². The van der Waals surface area contributed by atoms with Crippen molar-refractivity contribution >= 4 is 28.3 Å². The molecule has 1 heterocycles. The molecule has 0 bridgehead atoms. The molecular formula is C17H15ClN4. The fourth-order valence-corrected chi connectivity index (χ4v) is 2.55. The second kappa shape index (κ2) is 6.50. The van der Waals surface area contributed by atoms with Crippen molar-refractivity contribution in [1.82, 2.24) is 9.97 Å². The number of H-pyrrole nitrogens is 1. The predicted octanol–water partition coefficient (Wildman–Crippen LogP) is 4.13. The van der Waals surface area contributed by atoms with Gasteiger partial charge in [0.25, 0.3) is 0 Å². The number of benzene rings is 2. The van der Waals surface area contributed by atoms with Crippen molar-refractivity contribution in [3.05, 3.63) is 58.9 Å². The second-order valence-corrected chi connectivity index (χ2v) is 5.44. The minimum Gasteiger partial charge on any atom is -0.385 e. The van der Waals surface area contributed by atoms with E-state index in [-0.39, 0.29) is 0 Å². The van der Waals surface area contributed by atoms with Crippen LogP contribution in [0.5, 0.6) is 0 Å². The molecule has 4 nitrogen and oxygen atoms in total. The molecule has 1 aromatic heterocycles. The summed E-state index contributed by atoms with van der Waals surface area (Å²) in [4.78, 5) is 7.88. The Balaban J connectivity index is 1.53. The lowest BCUT2D eigenvalue weighted by atomic mass is 10.2. The Bertz CT molecular complexity index is 799. The van der Waals surface area contributed by atoms with Crippen molar-refractivity contribution in [3.63, 3.8) is 0 Å². The van der Waals surface area contributed by atoms with E-state index in [0.29, 0.717) is 10.6 Å². The molecule has 0 fully saturated rings. The van der Waals surface area contributed by atoms with Gasteiger partial charge in [-0.25, -0.2) is 4.98 Å². The van der Waals surface area contributed by atoms with Crippen LogP contribution in [0.4, 0.5) is 5.69 Å². The molecule has 3 rings (SSSR count). The van der Waals surface area contributed by atoms with Gasteiger partial charge in [-0.2, -0.15) is 5.26 Å². The number of hydrogen-bond acceptors (Lipinski definition) is 3. The van der Waals surface area contributed by atoms with Gasteiger partial charge in [-0.05, 0) is 36.8 Å². The van der Waals surface area contributed by atoms with E-state index in [0.717, 1.165) is 41.9 Å². The number of para-hydroxylation sites is 2. The SMILES string of the molecule is N#Cc1ccc(NCCCc2nc3ccccc3[nH]2)cc1Cl. The van der Waals surface area contributed by atoms with Crippen molar-refractivity contribution in [2.45, 2.75) is 12.8 Å². The second-order valence-electron chi connectivity index (χ2n) is 5.04. The largest absolute Gasteiger partial charge is 0.385 e. The monoisotopic (exact) mass is 310 g/mol. The van der Waals surface area contributed by atoms with E-state index in [9.17, 15) is 0 Å². The molecule has 2 N–H and O–H groups in total. The van der Waals surface area contributed by atoms with Gasteiger partial charge >= 0.3 is 0 Å². The molecule has 0 aliphatic carbocycles. The number of nitrogens with one attached hydrogen (secondary N) is 2. The smallest absolute Gasteiger partial charge is 0.107 e. The van der Waals surface area contributed by atoms with E-state index in [1.165, 1.54) is 0 Å². The number of aromatic amines is 1. The molecular weight excluding hydrogens is 296 g/mol. The van der Waals surface area contributed by atoms with Crippen LogP contribution in [0.15, 0.2) is 42.5 Å². The van der Waals surface area contributed by atoms with E-state index in [1.807, 2.05) is 30.3 Å². The van der Waals surface area contributed by atoms with Crippen LogP contribution in [0.25, 0.3) is 11.0 Å². The van der Waals surface area contributed by atoms with Crippen molar-refractivity contribution in [3.8, 4) is 6.07 Å². The summed E-state index contributed by atoms with van der Waals surface area (Å²) in [7, 11) is 0. The summed E-state index contributed by atoms with van der Waals surface area (Å²) in [5, 5.41) is 12.6. The average Bonchev–Trinajstić information content (AvgIpc) is 2.94. The van der Waals surface area contributed by atoms with Gasteiger partial charge in [0, 0.05) is 18.7 Å². The zero-order valence-corrected chi connectivity index (χ0v) is 12.7. The Morgan fingerprint density at radius 1 is 1.23 bits per heavy atom. The first-order valence-corrected chi connectivity index (χ1v) is 7.51. The quantitative estimate of drug-likeness (QED) is 0.696. The van der Waals surface area contributed by atoms with Crippen molar-refractivity contribution in [1.29, 1.82) is 5.26 Å². The minimum atomic E-state index is 0.477. The van der Waals surface area contributed by atoms with Crippen molar-refractivity contribution < 1.29 is 0 Å². The summed E-state index contributed by atoms with van der Waals surface area (Å²) in [6, 6.07) is 15.5. The zero-order valence-electron chi connectivity index (χ0n) is 11.9. The number of imidazole rings is 1. The number of aryl methyl sites for hydroxylation is 1. The summed E-state index contributed by atoms with van der Waals surface area (Å²) in [5.74, 6) is 1.00. The number of anilines is 1. The normalized spacial score (nSPS) is 10.5. The van der Waals surface area contributed by atoms with E-state index in [4.69, 9.17) is 16.9 Å². The number of nitrogens with zero attached hydrogens (tertiary/aromatic N) is 2. The Morgan fingerprint density at radius 2 is 2.09 bits per heavy atom. The number of halogens is 1. The highest BCUT2D eigenvalue weighted by molar-refractivity contribution is 6.32. The third kappa shape index (κ3) is 3.21. The average molecular weight is 311 g/mol. The molecule has 0 radical (unpaired) electrons. The third-order valence-electron chi connectivity index (χ3n) is 3.45. The molecule has 2 aromatic carbocycles. The summed E-state index contributed by atoms with van der Waals surface area (Å²) in [5.41, 5.74) is 3.50. The fourth-order valence-electron chi connectivity index (χ4n) is 2.33. The van der Waals surface area contributed by atoms with Gasteiger partial charge in [0.05, 0.1) is 21.6 Å². The Kier molecular flexibility index (Phi) is 4.27. The number of rotatable bonds is 5. The highest BCUT2D eigenvalue weighted by Crippen LogP contribution is 2.20. The van der Waals surface area contributed by atoms with Crippen LogP contribution >= 0.6 is 11.6 Å². The Labute approximate surface area is 133 Å². The third-order valence-corrected chi connectivity index (χ3v) is 3.76. The van der Waals surface area contributed by atoms with Crippen LogP contribution in [-0.2, 0) is 6.42 Å². The van der Waals surface area contributed by atoms with E-state index in [1.54, 1.807) is 12.1 Å². The lowest BCUT2D eigenvalue weighted by molar-refractivity contribution is 0.820. The Morgan fingerprint density at radius 3 is 2.86 bits per heavy atom. The fraction of sp³-hybridized carbons (Fsp3) is 0.176. The van der Waals surface area contributed by atoms with E-state index < -0.39 is 0 Å². The molecule has 0 unspecified atom stereocenters. The van der Waals surface area contributed by atoms with Crippen molar-refractivity contribution in [2.75, 3.05) is 11.9 Å². The number of aromatic nitrogens is 2. The Hall–Kier alpha value is -2.51. The highest BCUT2D eigenvalue weighted by Gasteiger charge is 2.03. The minimum absolute atomic E-state index is 0.477.